The minimum absolute atomic E-state index is 0.207. The zero-order valence-electron chi connectivity index (χ0n) is 9.90. The molecule has 0 saturated heterocycles. The number of phenolic OH excluding ortho intramolecular Hbond substituents is 2. The van der Waals surface area contributed by atoms with E-state index in [-0.39, 0.29) is 22.8 Å². The number of fused-ring (bicyclic) bond motifs is 2. The zero-order valence-corrected chi connectivity index (χ0v) is 9.90. The SMILES string of the molecule is Cc1cc2c(c(O)c1O)C(=O)c1ccccc1C2. The van der Waals surface area contributed by atoms with E-state index in [2.05, 4.69) is 0 Å². The lowest BCUT2D eigenvalue weighted by Crippen LogP contribution is -2.15. The smallest absolute Gasteiger partial charge is 0.197 e. The molecule has 0 atom stereocenters. The van der Waals surface area contributed by atoms with Crippen LogP contribution in [0.5, 0.6) is 11.5 Å². The van der Waals surface area contributed by atoms with Gasteiger partial charge in [-0.05, 0) is 30.0 Å². The van der Waals surface area contributed by atoms with Crippen LogP contribution in [0.2, 0.25) is 0 Å². The van der Waals surface area contributed by atoms with E-state index in [1.165, 1.54) is 0 Å². The molecule has 0 spiro atoms. The van der Waals surface area contributed by atoms with E-state index in [4.69, 9.17) is 0 Å². The highest BCUT2D eigenvalue weighted by atomic mass is 16.3. The van der Waals surface area contributed by atoms with Crippen LogP contribution in [0.3, 0.4) is 0 Å². The van der Waals surface area contributed by atoms with Crippen LogP contribution in [0.4, 0.5) is 0 Å². The molecular weight excluding hydrogens is 228 g/mol. The molecule has 2 aromatic carbocycles. The van der Waals surface area contributed by atoms with Gasteiger partial charge in [0.05, 0.1) is 5.56 Å². The van der Waals surface area contributed by atoms with Crippen LogP contribution >= 0.6 is 0 Å². The van der Waals surface area contributed by atoms with Gasteiger partial charge in [0.1, 0.15) is 0 Å². The average Bonchev–Trinajstić information content (AvgIpc) is 2.36. The van der Waals surface area contributed by atoms with Gasteiger partial charge in [0.25, 0.3) is 0 Å². The van der Waals surface area contributed by atoms with Gasteiger partial charge >= 0.3 is 0 Å². The summed E-state index contributed by atoms with van der Waals surface area (Å²) in [5.41, 5.74) is 3.14. The summed E-state index contributed by atoms with van der Waals surface area (Å²) in [5.74, 6) is -0.731. The highest BCUT2D eigenvalue weighted by molar-refractivity contribution is 6.14. The Hall–Kier alpha value is -2.29. The number of carbonyl (C=O) groups excluding carboxylic acids is 1. The fourth-order valence-corrected chi connectivity index (χ4v) is 2.49. The molecule has 3 rings (SSSR count). The van der Waals surface area contributed by atoms with Crippen LogP contribution in [0.1, 0.15) is 32.6 Å². The Morgan fingerprint density at radius 1 is 1.06 bits per heavy atom. The van der Waals surface area contributed by atoms with E-state index in [1.807, 2.05) is 12.1 Å². The van der Waals surface area contributed by atoms with Crippen molar-refractivity contribution in [3.05, 3.63) is 58.1 Å². The number of phenols is 2. The van der Waals surface area contributed by atoms with E-state index >= 15 is 0 Å². The molecule has 0 heterocycles. The average molecular weight is 240 g/mol. The largest absolute Gasteiger partial charge is 0.504 e. The highest BCUT2D eigenvalue weighted by Gasteiger charge is 2.28. The maximum Gasteiger partial charge on any atom is 0.197 e. The summed E-state index contributed by atoms with van der Waals surface area (Å²) in [7, 11) is 0. The van der Waals surface area contributed by atoms with Crippen LogP contribution < -0.4 is 0 Å². The zero-order chi connectivity index (χ0) is 12.9. The van der Waals surface area contributed by atoms with Gasteiger partial charge < -0.3 is 10.2 Å². The number of carbonyl (C=O) groups is 1. The maximum absolute atomic E-state index is 12.3. The molecule has 0 radical (unpaired) electrons. The summed E-state index contributed by atoms with van der Waals surface area (Å²) >= 11 is 0. The lowest BCUT2D eigenvalue weighted by molar-refractivity contribution is 0.103. The van der Waals surface area contributed by atoms with Crippen molar-refractivity contribution < 1.29 is 15.0 Å². The minimum atomic E-state index is -0.301. The summed E-state index contributed by atoms with van der Waals surface area (Å²) in [4.78, 5) is 12.3. The summed E-state index contributed by atoms with van der Waals surface area (Å²) in [6.07, 6.45) is 0.603. The van der Waals surface area contributed by atoms with E-state index in [1.54, 1.807) is 25.1 Å². The van der Waals surface area contributed by atoms with Crippen molar-refractivity contribution in [2.45, 2.75) is 13.3 Å². The molecule has 3 nitrogen and oxygen atoms in total. The van der Waals surface area contributed by atoms with Gasteiger partial charge in [0.2, 0.25) is 0 Å². The van der Waals surface area contributed by atoms with Gasteiger partial charge in [-0.25, -0.2) is 0 Å². The first-order valence-electron chi connectivity index (χ1n) is 5.76. The second-order valence-corrected chi connectivity index (χ2v) is 4.59. The predicted octanol–water partition coefficient (Wildman–Crippen LogP) is 2.54. The Balaban J connectivity index is 2.29. The highest BCUT2D eigenvalue weighted by Crippen LogP contribution is 2.39. The van der Waals surface area contributed by atoms with Crippen molar-refractivity contribution >= 4 is 5.78 Å². The third kappa shape index (κ3) is 1.34. The fourth-order valence-electron chi connectivity index (χ4n) is 2.49. The van der Waals surface area contributed by atoms with Crippen LogP contribution in [0, 0.1) is 6.92 Å². The summed E-state index contributed by atoms with van der Waals surface area (Å²) < 4.78 is 0. The number of rotatable bonds is 0. The third-order valence-electron chi connectivity index (χ3n) is 3.42. The van der Waals surface area contributed by atoms with Crippen LogP contribution in [-0.2, 0) is 6.42 Å². The van der Waals surface area contributed by atoms with Gasteiger partial charge in [0.15, 0.2) is 17.3 Å². The van der Waals surface area contributed by atoms with Gasteiger partial charge in [-0.3, -0.25) is 4.79 Å². The molecular formula is C15H12O3. The molecule has 1 aliphatic rings. The van der Waals surface area contributed by atoms with Crippen molar-refractivity contribution in [3.63, 3.8) is 0 Å². The second kappa shape index (κ2) is 3.60. The normalized spacial score (nSPS) is 13.1. The van der Waals surface area contributed by atoms with Crippen molar-refractivity contribution in [3.8, 4) is 11.5 Å². The lowest BCUT2D eigenvalue weighted by Gasteiger charge is -2.20. The molecule has 18 heavy (non-hydrogen) atoms. The predicted molar refractivity (Wildman–Crippen MR) is 67.2 cm³/mol. The summed E-state index contributed by atoms with van der Waals surface area (Å²) in [5, 5.41) is 19.7. The minimum Gasteiger partial charge on any atom is -0.504 e. The molecule has 0 amide bonds. The van der Waals surface area contributed by atoms with Gasteiger partial charge in [-0.2, -0.15) is 0 Å². The lowest BCUT2D eigenvalue weighted by atomic mass is 9.83. The van der Waals surface area contributed by atoms with Crippen LogP contribution in [-0.4, -0.2) is 16.0 Å². The molecule has 0 fully saturated rings. The number of hydrogen-bond donors (Lipinski definition) is 2. The maximum atomic E-state index is 12.3. The second-order valence-electron chi connectivity index (χ2n) is 4.59. The van der Waals surface area contributed by atoms with E-state index in [0.29, 0.717) is 17.5 Å². The summed E-state index contributed by atoms with van der Waals surface area (Å²) in [6.45, 7) is 1.71. The van der Waals surface area contributed by atoms with Crippen LogP contribution in [0.25, 0.3) is 0 Å². The van der Waals surface area contributed by atoms with E-state index < -0.39 is 0 Å². The van der Waals surface area contributed by atoms with Gasteiger partial charge in [0, 0.05) is 5.56 Å². The van der Waals surface area contributed by atoms with Crippen LogP contribution in [0.15, 0.2) is 30.3 Å². The quantitative estimate of drug-likeness (QED) is 0.594. The molecule has 90 valence electrons. The Morgan fingerprint density at radius 3 is 2.56 bits per heavy atom. The first-order chi connectivity index (χ1) is 8.59. The molecule has 0 bridgehead atoms. The summed E-state index contributed by atoms with van der Waals surface area (Å²) in [6, 6.07) is 9.11. The Kier molecular flexibility index (Phi) is 2.17. The Morgan fingerprint density at radius 2 is 1.78 bits per heavy atom. The standard InChI is InChI=1S/C15H12O3/c1-8-6-10-7-9-4-2-3-5-11(9)14(17)12(10)15(18)13(8)16/h2-6,16,18H,7H2,1H3. The van der Waals surface area contributed by atoms with E-state index in [9.17, 15) is 15.0 Å². The Labute approximate surface area is 104 Å². The number of hydrogen-bond acceptors (Lipinski definition) is 3. The van der Waals surface area contributed by atoms with Crippen molar-refractivity contribution in [2.24, 2.45) is 0 Å². The first kappa shape index (κ1) is 10.8. The molecule has 2 aromatic rings. The molecule has 1 aliphatic carbocycles. The number of ketones is 1. The van der Waals surface area contributed by atoms with Crippen molar-refractivity contribution in [2.75, 3.05) is 0 Å². The molecule has 2 N–H and O–H groups in total. The van der Waals surface area contributed by atoms with Crippen molar-refractivity contribution in [1.82, 2.24) is 0 Å². The van der Waals surface area contributed by atoms with Crippen molar-refractivity contribution in [1.29, 1.82) is 0 Å². The molecule has 3 heteroatoms. The van der Waals surface area contributed by atoms with Gasteiger partial charge in [-0.1, -0.05) is 30.3 Å². The number of aromatic hydroxyl groups is 2. The Bertz CT molecular complexity index is 672. The fraction of sp³-hybridized carbons (Fsp3) is 0.133. The number of benzene rings is 2. The molecule has 0 aromatic heterocycles. The van der Waals surface area contributed by atoms with E-state index in [0.717, 1.165) is 11.1 Å². The topological polar surface area (TPSA) is 57.5 Å². The third-order valence-corrected chi connectivity index (χ3v) is 3.42. The number of aryl methyl sites for hydroxylation is 1. The molecule has 0 saturated carbocycles. The molecule has 0 aliphatic heterocycles. The first-order valence-corrected chi connectivity index (χ1v) is 5.76. The van der Waals surface area contributed by atoms with Gasteiger partial charge in [-0.15, -0.1) is 0 Å². The monoisotopic (exact) mass is 240 g/mol. The molecule has 0 unspecified atom stereocenters.